The zero-order valence-corrected chi connectivity index (χ0v) is 22.3. The molecule has 0 unspecified atom stereocenters. The van der Waals surface area contributed by atoms with Gasteiger partial charge in [-0.2, -0.15) is 8.61 Å². The van der Waals surface area contributed by atoms with E-state index in [1.54, 1.807) is 0 Å². The molecule has 0 atom stereocenters. The van der Waals surface area contributed by atoms with Gasteiger partial charge in [-0.1, -0.05) is 0 Å². The smallest absolute Gasteiger partial charge is 0.314 e. The van der Waals surface area contributed by atoms with E-state index in [9.17, 15) is 37.1 Å². The number of hydrogen-bond acceptors (Lipinski definition) is 12. The maximum Gasteiger partial charge on any atom is 0.314 e. The average molecular weight is 577 g/mol. The third kappa shape index (κ3) is 5.15. The molecule has 0 radical (unpaired) electrons. The van der Waals surface area contributed by atoms with Gasteiger partial charge in [0.05, 0.1) is 50.4 Å². The van der Waals surface area contributed by atoms with Crippen molar-refractivity contribution in [2.24, 2.45) is 0 Å². The van der Waals surface area contributed by atoms with Crippen LogP contribution in [-0.4, -0.2) is 89.9 Å². The number of piperazine rings is 1. The van der Waals surface area contributed by atoms with Crippen LogP contribution in [0.25, 0.3) is 0 Å². The Kier molecular flexibility index (Phi) is 8.30. The van der Waals surface area contributed by atoms with Crippen LogP contribution in [0.2, 0.25) is 0 Å². The van der Waals surface area contributed by atoms with Crippen LogP contribution in [0.15, 0.2) is 34.1 Å². The number of benzene rings is 2. The second-order valence-corrected chi connectivity index (χ2v) is 11.5. The van der Waals surface area contributed by atoms with E-state index in [1.807, 2.05) is 0 Å². The molecule has 2 aromatic rings. The summed E-state index contributed by atoms with van der Waals surface area (Å²) in [6.45, 7) is -1.07. The maximum atomic E-state index is 13.4. The molecule has 0 saturated carbocycles. The minimum absolute atomic E-state index is 0.267. The molecular formula is C20H24N4O12S2. The first-order valence-electron chi connectivity index (χ1n) is 10.6. The van der Waals surface area contributed by atoms with Crippen molar-refractivity contribution in [3.8, 4) is 23.0 Å². The zero-order chi connectivity index (χ0) is 28.4. The lowest BCUT2D eigenvalue weighted by molar-refractivity contribution is -0.386. The summed E-state index contributed by atoms with van der Waals surface area (Å²) in [4.78, 5) is 20.3. The number of nitro groups is 2. The zero-order valence-electron chi connectivity index (χ0n) is 20.6. The Hall–Kier alpha value is -3.74. The molecule has 0 bridgehead atoms. The molecule has 0 amide bonds. The lowest BCUT2D eigenvalue weighted by Gasteiger charge is -2.33. The lowest BCUT2D eigenvalue weighted by atomic mass is 10.3. The molecule has 0 N–H and O–H groups in total. The Morgan fingerprint density at radius 2 is 0.895 bits per heavy atom. The van der Waals surface area contributed by atoms with Crippen molar-refractivity contribution in [3.05, 3.63) is 44.5 Å². The number of sulfonamides is 2. The second kappa shape index (κ2) is 10.9. The van der Waals surface area contributed by atoms with Gasteiger partial charge in [-0.15, -0.1) is 0 Å². The average Bonchev–Trinajstić information content (AvgIpc) is 2.91. The van der Waals surface area contributed by atoms with Gasteiger partial charge >= 0.3 is 11.4 Å². The fraction of sp³-hybridized carbons (Fsp3) is 0.400. The first-order valence-corrected chi connectivity index (χ1v) is 13.5. The summed E-state index contributed by atoms with van der Waals surface area (Å²) in [7, 11) is -3.97. The van der Waals surface area contributed by atoms with Crippen molar-refractivity contribution in [1.82, 2.24) is 8.61 Å². The fourth-order valence-corrected chi connectivity index (χ4v) is 6.97. The van der Waals surface area contributed by atoms with Gasteiger partial charge in [0.15, 0.2) is 11.5 Å². The van der Waals surface area contributed by atoms with Gasteiger partial charge in [0.2, 0.25) is 20.0 Å². The van der Waals surface area contributed by atoms with Gasteiger partial charge in [-0.3, -0.25) is 20.2 Å². The summed E-state index contributed by atoms with van der Waals surface area (Å²) in [6.07, 6.45) is 0. The monoisotopic (exact) mass is 576 g/mol. The predicted octanol–water partition coefficient (Wildman–Crippen LogP) is 1.23. The van der Waals surface area contributed by atoms with Gasteiger partial charge in [0.25, 0.3) is 0 Å². The van der Waals surface area contributed by atoms with E-state index in [0.29, 0.717) is 0 Å². The molecule has 38 heavy (non-hydrogen) atoms. The highest BCUT2D eigenvalue weighted by Crippen LogP contribution is 2.40. The normalized spacial score (nSPS) is 15.1. The number of hydrogen-bond donors (Lipinski definition) is 0. The van der Waals surface area contributed by atoms with E-state index >= 15 is 0 Å². The highest BCUT2D eigenvalue weighted by molar-refractivity contribution is 7.89. The van der Waals surface area contributed by atoms with Crippen molar-refractivity contribution in [3.63, 3.8) is 0 Å². The van der Waals surface area contributed by atoms with Crippen molar-refractivity contribution >= 4 is 31.4 Å². The molecule has 16 nitrogen and oxygen atoms in total. The standard InChI is InChI=1S/C20H24N4O12S2/c1-33-15-11-19(17(35-3)9-13(15)23(25)26)37(29,30)21-5-7-22(8-6-21)38(31,32)20-12-16(34-2)14(24(27)28)10-18(20)36-4/h9-12H,5-8H2,1-4H3. The molecule has 1 aliphatic rings. The van der Waals surface area contributed by atoms with Crippen LogP contribution in [0.4, 0.5) is 11.4 Å². The van der Waals surface area contributed by atoms with Crippen molar-refractivity contribution < 1.29 is 45.6 Å². The first kappa shape index (κ1) is 28.8. The summed E-state index contributed by atoms with van der Waals surface area (Å²) in [5.74, 6) is -1.16. The van der Waals surface area contributed by atoms with Crippen LogP contribution in [-0.2, 0) is 20.0 Å². The van der Waals surface area contributed by atoms with Gasteiger partial charge in [0.1, 0.15) is 21.3 Å². The Morgan fingerprint density at radius 1 is 0.605 bits per heavy atom. The number of methoxy groups -OCH3 is 4. The van der Waals surface area contributed by atoms with Crippen LogP contribution in [0.3, 0.4) is 0 Å². The first-order chi connectivity index (χ1) is 17.8. The van der Waals surface area contributed by atoms with Crippen molar-refractivity contribution in [1.29, 1.82) is 0 Å². The number of ether oxygens (including phenoxy) is 4. The van der Waals surface area contributed by atoms with E-state index in [4.69, 9.17) is 18.9 Å². The van der Waals surface area contributed by atoms with E-state index in [2.05, 4.69) is 0 Å². The minimum atomic E-state index is -4.29. The number of rotatable bonds is 10. The third-order valence-electron chi connectivity index (χ3n) is 5.76. The SMILES string of the molecule is COc1cc(S(=O)(=O)N2CCN(S(=O)(=O)c3cc(OC)c([N+](=O)[O-])cc3OC)CC2)c(OC)cc1[N+](=O)[O-]. The predicted molar refractivity (Wildman–Crippen MR) is 130 cm³/mol. The van der Waals surface area contributed by atoms with Crippen LogP contribution >= 0.6 is 0 Å². The minimum Gasteiger partial charge on any atom is -0.495 e. The summed E-state index contributed by atoms with van der Waals surface area (Å²) in [5.41, 5.74) is -0.988. The Balaban J connectivity index is 1.92. The molecule has 0 aliphatic carbocycles. The molecule has 3 rings (SSSR count). The molecule has 2 aromatic carbocycles. The molecule has 1 aliphatic heterocycles. The van der Waals surface area contributed by atoms with Crippen LogP contribution in [0.1, 0.15) is 0 Å². The van der Waals surface area contributed by atoms with E-state index in [0.717, 1.165) is 61.3 Å². The molecule has 0 aromatic heterocycles. The summed E-state index contributed by atoms with van der Waals surface area (Å²) in [5, 5.41) is 22.6. The van der Waals surface area contributed by atoms with Gasteiger partial charge < -0.3 is 18.9 Å². The highest BCUT2D eigenvalue weighted by Gasteiger charge is 2.38. The van der Waals surface area contributed by atoms with Crippen LogP contribution < -0.4 is 18.9 Å². The van der Waals surface area contributed by atoms with Gasteiger partial charge in [-0.05, 0) is 0 Å². The molecule has 1 heterocycles. The van der Waals surface area contributed by atoms with Gasteiger partial charge in [-0.25, -0.2) is 16.8 Å². The van der Waals surface area contributed by atoms with Crippen molar-refractivity contribution in [2.45, 2.75) is 9.79 Å². The molecule has 1 saturated heterocycles. The van der Waals surface area contributed by atoms with Crippen LogP contribution in [0.5, 0.6) is 23.0 Å². The quantitative estimate of drug-likeness (QED) is 0.290. The summed E-state index contributed by atoms with van der Waals surface area (Å²) in [6, 6.07) is 3.81. The Morgan fingerprint density at radius 3 is 1.13 bits per heavy atom. The summed E-state index contributed by atoms with van der Waals surface area (Å²) >= 11 is 0. The van der Waals surface area contributed by atoms with Gasteiger partial charge in [0, 0.05) is 38.3 Å². The molecule has 1 fully saturated rings. The van der Waals surface area contributed by atoms with E-state index in [-0.39, 0.29) is 59.0 Å². The van der Waals surface area contributed by atoms with Crippen LogP contribution in [0, 0.1) is 20.2 Å². The topological polar surface area (TPSA) is 198 Å². The maximum absolute atomic E-state index is 13.4. The number of nitro benzene ring substituents is 2. The molecule has 208 valence electrons. The van der Waals surface area contributed by atoms with Crippen molar-refractivity contribution in [2.75, 3.05) is 54.6 Å². The Bertz CT molecular complexity index is 1360. The number of nitrogens with zero attached hydrogens (tertiary/aromatic N) is 4. The summed E-state index contributed by atoms with van der Waals surface area (Å²) < 4.78 is 75.6. The van der Waals surface area contributed by atoms with E-state index < -0.39 is 41.3 Å². The molecule has 18 heteroatoms. The highest BCUT2D eigenvalue weighted by atomic mass is 32.2. The molecule has 0 spiro atoms. The molecular weight excluding hydrogens is 552 g/mol. The lowest BCUT2D eigenvalue weighted by Crippen LogP contribution is -2.50. The third-order valence-corrected chi connectivity index (χ3v) is 9.60. The Labute approximate surface area is 217 Å². The van der Waals surface area contributed by atoms with E-state index in [1.165, 1.54) is 0 Å². The largest absolute Gasteiger partial charge is 0.495 e. The second-order valence-electron chi connectivity index (χ2n) is 7.67. The fourth-order valence-electron chi connectivity index (χ4n) is 3.82.